The van der Waals surface area contributed by atoms with E-state index in [2.05, 4.69) is 5.32 Å². The molecule has 0 radical (unpaired) electrons. The van der Waals surface area contributed by atoms with Crippen molar-refractivity contribution in [3.05, 3.63) is 52.2 Å². The number of ether oxygens (including phenoxy) is 1. The van der Waals surface area contributed by atoms with Gasteiger partial charge in [-0.2, -0.15) is 0 Å². The van der Waals surface area contributed by atoms with E-state index in [4.69, 9.17) is 4.74 Å². The van der Waals surface area contributed by atoms with E-state index in [1.165, 1.54) is 0 Å². The van der Waals surface area contributed by atoms with Crippen LogP contribution in [0.5, 0.6) is 5.75 Å². The van der Waals surface area contributed by atoms with Gasteiger partial charge < -0.3 is 10.1 Å². The van der Waals surface area contributed by atoms with E-state index in [1.807, 2.05) is 62.5 Å². The molecule has 0 fully saturated rings. The van der Waals surface area contributed by atoms with Gasteiger partial charge in [0.2, 0.25) is 5.91 Å². The fourth-order valence-electron chi connectivity index (χ4n) is 1.86. The molecule has 3 nitrogen and oxygen atoms in total. The topological polar surface area (TPSA) is 38.3 Å². The first-order valence-corrected chi connectivity index (χ1v) is 7.87. The lowest BCUT2D eigenvalue weighted by Gasteiger charge is -2.21. The second-order valence-corrected chi connectivity index (χ2v) is 6.92. The molecule has 0 aliphatic carbocycles. The minimum Gasteiger partial charge on any atom is -0.488 e. The molecule has 0 aliphatic rings. The highest BCUT2D eigenvalue weighted by Gasteiger charge is 2.11. The lowest BCUT2D eigenvalue weighted by molar-refractivity contribution is -0.120. The van der Waals surface area contributed by atoms with Crippen molar-refractivity contribution in [2.75, 3.05) is 0 Å². The van der Waals surface area contributed by atoms with Gasteiger partial charge in [-0.1, -0.05) is 18.2 Å². The first kappa shape index (κ1) is 15.6. The van der Waals surface area contributed by atoms with E-state index in [1.54, 1.807) is 11.3 Å². The SMILES string of the molecule is CC(C)(C)Oc1ccc(CNC(=O)Cc2cccs2)cc1. The summed E-state index contributed by atoms with van der Waals surface area (Å²) in [5.74, 6) is 0.892. The maximum absolute atomic E-state index is 11.8. The standard InChI is InChI=1S/C17H21NO2S/c1-17(2,3)20-14-8-6-13(7-9-14)12-18-16(19)11-15-5-4-10-21-15/h4-10H,11-12H2,1-3H3,(H,18,19). The van der Waals surface area contributed by atoms with Crippen LogP contribution in [-0.4, -0.2) is 11.5 Å². The third-order valence-electron chi connectivity index (χ3n) is 2.75. The van der Waals surface area contributed by atoms with E-state index < -0.39 is 0 Å². The van der Waals surface area contributed by atoms with E-state index in [0.717, 1.165) is 16.2 Å². The molecule has 0 saturated heterocycles. The molecule has 1 aromatic heterocycles. The Bertz CT molecular complexity index is 568. The molecule has 1 heterocycles. The molecule has 2 aromatic rings. The van der Waals surface area contributed by atoms with Crippen LogP contribution in [0.3, 0.4) is 0 Å². The highest BCUT2D eigenvalue weighted by atomic mass is 32.1. The maximum Gasteiger partial charge on any atom is 0.225 e. The molecule has 1 aromatic carbocycles. The summed E-state index contributed by atoms with van der Waals surface area (Å²) in [6.07, 6.45) is 0.447. The zero-order chi connectivity index (χ0) is 15.3. The van der Waals surface area contributed by atoms with Crippen molar-refractivity contribution < 1.29 is 9.53 Å². The van der Waals surface area contributed by atoms with Crippen molar-refractivity contribution in [3.8, 4) is 5.75 Å². The summed E-state index contributed by atoms with van der Waals surface area (Å²) >= 11 is 1.60. The summed E-state index contributed by atoms with van der Waals surface area (Å²) in [7, 11) is 0. The third kappa shape index (κ3) is 5.60. The van der Waals surface area contributed by atoms with Gasteiger partial charge in [-0.3, -0.25) is 4.79 Å². The van der Waals surface area contributed by atoms with Crippen LogP contribution in [0.25, 0.3) is 0 Å². The molecular formula is C17H21NO2S. The number of thiophene rings is 1. The molecule has 21 heavy (non-hydrogen) atoms. The fourth-order valence-corrected chi connectivity index (χ4v) is 2.57. The van der Waals surface area contributed by atoms with Crippen LogP contribution in [0.4, 0.5) is 0 Å². The van der Waals surface area contributed by atoms with Crippen LogP contribution in [0.2, 0.25) is 0 Å². The number of hydrogen-bond donors (Lipinski definition) is 1. The number of hydrogen-bond acceptors (Lipinski definition) is 3. The summed E-state index contributed by atoms with van der Waals surface area (Å²) in [4.78, 5) is 12.9. The lowest BCUT2D eigenvalue weighted by Crippen LogP contribution is -2.24. The van der Waals surface area contributed by atoms with Crippen molar-refractivity contribution in [1.29, 1.82) is 0 Å². The second-order valence-electron chi connectivity index (χ2n) is 5.89. The first-order valence-electron chi connectivity index (χ1n) is 6.99. The summed E-state index contributed by atoms with van der Waals surface area (Å²) in [6.45, 7) is 6.60. The predicted molar refractivity (Wildman–Crippen MR) is 86.7 cm³/mol. The summed E-state index contributed by atoms with van der Waals surface area (Å²) < 4.78 is 5.77. The van der Waals surface area contributed by atoms with E-state index >= 15 is 0 Å². The molecule has 0 saturated carbocycles. The number of nitrogens with one attached hydrogen (secondary N) is 1. The quantitative estimate of drug-likeness (QED) is 0.912. The monoisotopic (exact) mass is 303 g/mol. The van der Waals surface area contributed by atoms with E-state index in [9.17, 15) is 4.79 Å². The Labute approximate surface area is 130 Å². The molecule has 0 aliphatic heterocycles. The smallest absolute Gasteiger partial charge is 0.225 e. The highest BCUT2D eigenvalue weighted by Crippen LogP contribution is 2.18. The Hall–Kier alpha value is -1.81. The zero-order valence-corrected chi connectivity index (χ0v) is 13.5. The Morgan fingerprint density at radius 1 is 1.19 bits per heavy atom. The van der Waals surface area contributed by atoms with Gasteiger partial charge in [0.1, 0.15) is 11.4 Å². The van der Waals surface area contributed by atoms with Gasteiger partial charge in [-0.05, 0) is 49.9 Å². The van der Waals surface area contributed by atoms with Crippen LogP contribution in [0.15, 0.2) is 41.8 Å². The summed E-state index contributed by atoms with van der Waals surface area (Å²) in [5.41, 5.74) is 0.868. The molecule has 0 atom stereocenters. The Morgan fingerprint density at radius 2 is 1.90 bits per heavy atom. The van der Waals surface area contributed by atoms with Gasteiger partial charge in [0.15, 0.2) is 0 Å². The largest absolute Gasteiger partial charge is 0.488 e. The molecule has 0 spiro atoms. The average molecular weight is 303 g/mol. The van der Waals surface area contributed by atoms with Crippen LogP contribution in [-0.2, 0) is 17.8 Å². The van der Waals surface area contributed by atoms with Crippen LogP contribution < -0.4 is 10.1 Å². The Kier molecular flexibility index (Phi) is 5.02. The molecule has 0 unspecified atom stereocenters. The minimum absolute atomic E-state index is 0.0486. The molecule has 2 rings (SSSR count). The van der Waals surface area contributed by atoms with Crippen molar-refractivity contribution >= 4 is 17.2 Å². The van der Waals surface area contributed by atoms with Crippen molar-refractivity contribution in [2.45, 2.75) is 39.3 Å². The summed E-state index contributed by atoms with van der Waals surface area (Å²) in [5, 5.41) is 4.91. The third-order valence-corrected chi connectivity index (χ3v) is 3.63. The molecule has 112 valence electrons. The number of amides is 1. The molecule has 4 heteroatoms. The summed E-state index contributed by atoms with van der Waals surface area (Å²) in [6, 6.07) is 11.8. The molecule has 1 amide bonds. The fraction of sp³-hybridized carbons (Fsp3) is 0.353. The highest BCUT2D eigenvalue weighted by molar-refractivity contribution is 7.10. The first-order chi connectivity index (χ1) is 9.92. The molecule has 1 N–H and O–H groups in total. The average Bonchev–Trinajstić information content (AvgIpc) is 2.89. The van der Waals surface area contributed by atoms with Crippen LogP contribution in [0.1, 0.15) is 31.2 Å². The zero-order valence-electron chi connectivity index (χ0n) is 12.7. The number of benzene rings is 1. The van der Waals surface area contributed by atoms with E-state index in [-0.39, 0.29) is 11.5 Å². The minimum atomic E-state index is -0.198. The maximum atomic E-state index is 11.8. The van der Waals surface area contributed by atoms with Gasteiger partial charge in [-0.15, -0.1) is 11.3 Å². The number of rotatable bonds is 5. The lowest BCUT2D eigenvalue weighted by atomic mass is 10.1. The van der Waals surface area contributed by atoms with Crippen molar-refractivity contribution in [3.63, 3.8) is 0 Å². The predicted octanol–water partition coefficient (Wildman–Crippen LogP) is 3.78. The Balaban J connectivity index is 1.82. The van der Waals surface area contributed by atoms with Gasteiger partial charge in [-0.25, -0.2) is 0 Å². The normalized spacial score (nSPS) is 11.2. The molecular weight excluding hydrogens is 282 g/mol. The van der Waals surface area contributed by atoms with Crippen molar-refractivity contribution in [1.82, 2.24) is 5.32 Å². The van der Waals surface area contributed by atoms with Gasteiger partial charge in [0, 0.05) is 11.4 Å². The van der Waals surface area contributed by atoms with E-state index in [0.29, 0.717) is 13.0 Å². The number of carbonyl (C=O) groups is 1. The van der Waals surface area contributed by atoms with Crippen molar-refractivity contribution in [2.24, 2.45) is 0 Å². The second kappa shape index (κ2) is 6.76. The van der Waals surface area contributed by atoms with Gasteiger partial charge in [0.25, 0.3) is 0 Å². The van der Waals surface area contributed by atoms with Gasteiger partial charge >= 0.3 is 0 Å². The number of carbonyl (C=O) groups excluding carboxylic acids is 1. The van der Waals surface area contributed by atoms with Crippen LogP contribution >= 0.6 is 11.3 Å². The molecule has 0 bridgehead atoms. The van der Waals surface area contributed by atoms with Gasteiger partial charge in [0.05, 0.1) is 6.42 Å². The van der Waals surface area contributed by atoms with Crippen LogP contribution in [0, 0.1) is 0 Å². The Morgan fingerprint density at radius 3 is 2.48 bits per heavy atom.